The van der Waals surface area contributed by atoms with Crippen LogP contribution in [0.5, 0.6) is 0 Å². The number of hydrogen-bond acceptors (Lipinski definition) is 7. The van der Waals surface area contributed by atoms with E-state index in [0.717, 1.165) is 60.0 Å². The zero-order valence-corrected chi connectivity index (χ0v) is 20.8. The summed E-state index contributed by atoms with van der Waals surface area (Å²) in [4.78, 5) is 8.63. The number of furan rings is 1. The summed E-state index contributed by atoms with van der Waals surface area (Å²) < 4.78 is 8.20. The van der Waals surface area contributed by atoms with E-state index in [4.69, 9.17) is 27.6 Å². The van der Waals surface area contributed by atoms with Gasteiger partial charge in [-0.3, -0.25) is 9.88 Å². The fraction of sp³-hybridized carbons (Fsp3) is 0.231. The highest BCUT2D eigenvalue weighted by Crippen LogP contribution is 2.36. The molecule has 0 spiro atoms. The molecule has 0 amide bonds. The Bertz CT molecular complexity index is 1420. The number of halogens is 2. The van der Waals surface area contributed by atoms with E-state index in [1.54, 1.807) is 12.4 Å². The van der Waals surface area contributed by atoms with Gasteiger partial charge in [-0.1, -0.05) is 71.7 Å². The van der Waals surface area contributed by atoms with Gasteiger partial charge in [-0.15, -0.1) is 5.10 Å². The molecule has 1 fully saturated rings. The summed E-state index contributed by atoms with van der Waals surface area (Å²) in [6.45, 7) is 3.53. The smallest absolute Gasteiger partial charge is 0.176 e. The van der Waals surface area contributed by atoms with E-state index < -0.39 is 0 Å². The quantitative estimate of drug-likeness (QED) is 0.309. The molecule has 8 nitrogen and oxygen atoms in total. The number of aromatic nitrogens is 5. The Labute approximate surface area is 218 Å². The van der Waals surface area contributed by atoms with Gasteiger partial charge < -0.3 is 9.32 Å². The second kappa shape index (κ2) is 9.89. The van der Waals surface area contributed by atoms with E-state index in [0.29, 0.717) is 16.6 Å². The van der Waals surface area contributed by atoms with Crippen LogP contribution in [0.4, 0.5) is 5.69 Å². The number of hydrogen-bond donors (Lipinski definition) is 0. The predicted octanol–water partition coefficient (Wildman–Crippen LogP) is 5.08. The predicted molar refractivity (Wildman–Crippen MR) is 139 cm³/mol. The van der Waals surface area contributed by atoms with E-state index in [2.05, 4.69) is 54.6 Å². The van der Waals surface area contributed by atoms with Gasteiger partial charge in [0.05, 0.1) is 22.3 Å². The van der Waals surface area contributed by atoms with Gasteiger partial charge in [-0.05, 0) is 28.1 Å². The van der Waals surface area contributed by atoms with E-state index >= 15 is 0 Å². The minimum absolute atomic E-state index is 0.248. The van der Waals surface area contributed by atoms with E-state index in [1.807, 2.05) is 41.1 Å². The summed E-state index contributed by atoms with van der Waals surface area (Å²) in [7, 11) is 0. The number of piperazine rings is 1. The Morgan fingerprint density at radius 1 is 0.889 bits per heavy atom. The lowest BCUT2D eigenvalue weighted by Crippen LogP contribution is -2.48. The number of fused-ring (bicyclic) bond motifs is 1. The topological polar surface area (TPSA) is 76.1 Å². The van der Waals surface area contributed by atoms with Gasteiger partial charge in [0.2, 0.25) is 0 Å². The Morgan fingerprint density at radius 2 is 1.61 bits per heavy atom. The molecule has 3 aromatic heterocycles. The molecular formula is C26H23Cl2N7O. The van der Waals surface area contributed by atoms with Gasteiger partial charge in [0.1, 0.15) is 17.4 Å². The standard InChI is InChI=1S/C26H23Cl2N7O/c27-20-15-29-16-21(28)24(20)33-10-12-34(13-11-33)25(23-14-19-8-4-5-9-22(19)36-23)26-30-31-32-35(26)17-18-6-2-1-3-7-18/h1-9,14-16,25H,10-13,17H2. The SMILES string of the molecule is Clc1cncc(Cl)c1N1CCN(C(c2cc3ccccc3o2)c2nnnn2Cc2ccccc2)CC1. The number of rotatable bonds is 6. The zero-order chi connectivity index (χ0) is 24.5. The maximum Gasteiger partial charge on any atom is 0.176 e. The van der Waals surface area contributed by atoms with Crippen molar-refractivity contribution in [2.75, 3.05) is 31.1 Å². The molecule has 4 heterocycles. The first-order valence-electron chi connectivity index (χ1n) is 11.7. The summed E-state index contributed by atoms with van der Waals surface area (Å²) in [6, 6.07) is 20.0. The van der Waals surface area contributed by atoms with Crippen molar-refractivity contribution in [2.45, 2.75) is 12.6 Å². The molecule has 2 aromatic carbocycles. The Hall–Kier alpha value is -3.46. The summed E-state index contributed by atoms with van der Waals surface area (Å²) >= 11 is 12.9. The molecule has 0 radical (unpaired) electrons. The van der Waals surface area contributed by atoms with Crippen molar-refractivity contribution in [1.82, 2.24) is 30.1 Å². The molecule has 1 aliphatic heterocycles. The van der Waals surface area contributed by atoms with Crippen LogP contribution < -0.4 is 4.90 Å². The van der Waals surface area contributed by atoms with Crippen LogP contribution in [0.1, 0.15) is 23.2 Å². The van der Waals surface area contributed by atoms with Gasteiger partial charge in [0.25, 0.3) is 0 Å². The van der Waals surface area contributed by atoms with Crippen LogP contribution in [0, 0.1) is 0 Å². The Balaban J connectivity index is 1.34. The Kier molecular flexibility index (Phi) is 6.31. The maximum atomic E-state index is 6.43. The molecule has 1 saturated heterocycles. The molecule has 0 saturated carbocycles. The van der Waals surface area contributed by atoms with Gasteiger partial charge >= 0.3 is 0 Å². The minimum atomic E-state index is -0.248. The van der Waals surface area contributed by atoms with Crippen molar-refractivity contribution in [3.63, 3.8) is 0 Å². The second-order valence-corrected chi connectivity index (χ2v) is 9.56. The number of tetrazole rings is 1. The number of nitrogens with zero attached hydrogens (tertiary/aromatic N) is 7. The van der Waals surface area contributed by atoms with Crippen LogP contribution in [0.25, 0.3) is 11.0 Å². The zero-order valence-electron chi connectivity index (χ0n) is 19.3. The van der Waals surface area contributed by atoms with Crippen LogP contribution in [0.3, 0.4) is 0 Å². The summed E-state index contributed by atoms with van der Waals surface area (Å²) in [5.74, 6) is 1.56. The average Bonchev–Trinajstić information content (AvgIpc) is 3.53. The summed E-state index contributed by atoms with van der Waals surface area (Å²) in [5.41, 5.74) is 2.79. The van der Waals surface area contributed by atoms with Gasteiger partial charge in [-0.25, -0.2) is 4.68 Å². The van der Waals surface area contributed by atoms with Crippen molar-refractivity contribution in [1.29, 1.82) is 0 Å². The number of pyridine rings is 1. The van der Waals surface area contributed by atoms with Crippen molar-refractivity contribution >= 4 is 39.9 Å². The lowest BCUT2D eigenvalue weighted by atomic mass is 10.1. The van der Waals surface area contributed by atoms with Crippen molar-refractivity contribution in [3.05, 3.63) is 100 Å². The highest BCUT2D eigenvalue weighted by atomic mass is 35.5. The third-order valence-corrected chi connectivity index (χ3v) is 7.07. The lowest BCUT2D eigenvalue weighted by molar-refractivity contribution is 0.183. The maximum absolute atomic E-state index is 6.43. The summed E-state index contributed by atoms with van der Waals surface area (Å²) in [5, 5.41) is 15.0. The van der Waals surface area contributed by atoms with Crippen LogP contribution in [0.15, 0.2) is 77.5 Å². The number of para-hydroxylation sites is 1. The number of benzene rings is 2. The first-order chi connectivity index (χ1) is 17.7. The van der Waals surface area contributed by atoms with E-state index in [9.17, 15) is 0 Å². The van der Waals surface area contributed by atoms with Gasteiger partial charge in [0, 0.05) is 44.0 Å². The van der Waals surface area contributed by atoms with Crippen LogP contribution in [0.2, 0.25) is 10.0 Å². The molecular weight excluding hydrogens is 497 g/mol. The molecule has 5 aromatic rings. The molecule has 10 heteroatoms. The normalized spacial score (nSPS) is 15.4. The average molecular weight is 520 g/mol. The molecule has 0 N–H and O–H groups in total. The molecule has 6 rings (SSSR count). The van der Waals surface area contributed by atoms with Gasteiger partial charge in [-0.2, -0.15) is 0 Å². The number of anilines is 1. The van der Waals surface area contributed by atoms with Crippen molar-refractivity contribution in [3.8, 4) is 0 Å². The minimum Gasteiger partial charge on any atom is -0.459 e. The third-order valence-electron chi connectivity index (χ3n) is 6.52. The molecule has 0 aliphatic carbocycles. The monoisotopic (exact) mass is 519 g/mol. The fourth-order valence-corrected chi connectivity index (χ4v) is 5.40. The first-order valence-corrected chi connectivity index (χ1v) is 12.5. The van der Waals surface area contributed by atoms with Crippen LogP contribution in [-0.4, -0.2) is 56.3 Å². The van der Waals surface area contributed by atoms with Crippen LogP contribution >= 0.6 is 23.2 Å². The van der Waals surface area contributed by atoms with E-state index in [1.165, 1.54) is 0 Å². The third kappa shape index (κ3) is 4.43. The fourth-order valence-electron chi connectivity index (χ4n) is 4.79. The van der Waals surface area contributed by atoms with Gasteiger partial charge in [0.15, 0.2) is 5.82 Å². The van der Waals surface area contributed by atoms with Crippen molar-refractivity contribution in [2.24, 2.45) is 0 Å². The molecule has 1 unspecified atom stereocenters. The lowest BCUT2D eigenvalue weighted by Gasteiger charge is -2.39. The van der Waals surface area contributed by atoms with Crippen molar-refractivity contribution < 1.29 is 4.42 Å². The molecule has 36 heavy (non-hydrogen) atoms. The molecule has 182 valence electrons. The van der Waals surface area contributed by atoms with E-state index in [-0.39, 0.29) is 6.04 Å². The summed E-state index contributed by atoms with van der Waals surface area (Å²) in [6.07, 6.45) is 3.26. The second-order valence-electron chi connectivity index (χ2n) is 8.74. The highest BCUT2D eigenvalue weighted by molar-refractivity contribution is 6.38. The van der Waals surface area contributed by atoms with Crippen LogP contribution in [-0.2, 0) is 6.54 Å². The molecule has 1 atom stereocenters. The Morgan fingerprint density at radius 3 is 2.36 bits per heavy atom. The molecule has 1 aliphatic rings. The largest absolute Gasteiger partial charge is 0.459 e. The first kappa shape index (κ1) is 23.0. The molecule has 0 bridgehead atoms. The highest BCUT2D eigenvalue weighted by Gasteiger charge is 2.34.